The van der Waals surface area contributed by atoms with E-state index >= 15 is 0 Å². The second-order valence-electron chi connectivity index (χ2n) is 2.61. The molecule has 0 bridgehead atoms. The van der Waals surface area contributed by atoms with Crippen molar-refractivity contribution in [3.63, 3.8) is 0 Å². The number of nitrogens with two attached hydrogens (primary N) is 1. The lowest BCUT2D eigenvalue weighted by Gasteiger charge is -1.95. The second-order valence-corrected chi connectivity index (χ2v) is 2.61. The van der Waals surface area contributed by atoms with Crippen LogP contribution in [0.2, 0.25) is 0 Å². The Labute approximate surface area is 60.1 Å². The van der Waals surface area contributed by atoms with E-state index in [2.05, 4.69) is 4.99 Å². The van der Waals surface area contributed by atoms with Crippen LogP contribution in [0, 0.1) is 5.92 Å². The zero-order chi connectivity index (χ0) is 7.40. The van der Waals surface area contributed by atoms with Crippen LogP contribution in [-0.4, -0.2) is 17.7 Å². The molecule has 0 radical (unpaired) electrons. The first-order valence-electron chi connectivity index (χ1n) is 3.53. The highest BCUT2D eigenvalue weighted by Crippen LogP contribution is 2.31. The molecule has 0 aromatic rings. The molecule has 0 heterocycles. The van der Waals surface area contributed by atoms with Gasteiger partial charge in [0.05, 0.1) is 0 Å². The molecule has 0 aromatic heterocycles. The standard InChI is InChI=1S/C6H13N3O/c7-6(9-10)8-4-3-5-1-2-5/h5,10H,1-4H2,(H3,7,8,9). The third kappa shape index (κ3) is 2.68. The summed E-state index contributed by atoms with van der Waals surface area (Å²) in [6.45, 7) is 0.726. The van der Waals surface area contributed by atoms with Crippen molar-refractivity contribution < 1.29 is 5.21 Å². The third-order valence-corrected chi connectivity index (χ3v) is 1.63. The van der Waals surface area contributed by atoms with Gasteiger partial charge in [0.2, 0.25) is 5.96 Å². The van der Waals surface area contributed by atoms with E-state index in [1.165, 1.54) is 12.8 Å². The lowest BCUT2D eigenvalue weighted by molar-refractivity contribution is 0.232. The molecule has 10 heavy (non-hydrogen) atoms. The summed E-state index contributed by atoms with van der Waals surface area (Å²) in [5.74, 6) is 0.982. The summed E-state index contributed by atoms with van der Waals surface area (Å²) in [6, 6.07) is 0. The first-order valence-corrected chi connectivity index (χ1v) is 3.53. The molecule has 1 aliphatic rings. The van der Waals surface area contributed by atoms with Gasteiger partial charge < -0.3 is 5.73 Å². The van der Waals surface area contributed by atoms with Crippen LogP contribution in [-0.2, 0) is 0 Å². The summed E-state index contributed by atoms with van der Waals surface area (Å²) in [5, 5.41) is 8.21. The van der Waals surface area contributed by atoms with Gasteiger partial charge in [0, 0.05) is 6.54 Å². The van der Waals surface area contributed by atoms with Crippen LogP contribution < -0.4 is 11.2 Å². The van der Waals surface area contributed by atoms with Gasteiger partial charge in [-0.05, 0) is 12.3 Å². The molecular formula is C6H13N3O. The number of nitrogens with one attached hydrogen (secondary N) is 1. The van der Waals surface area contributed by atoms with E-state index < -0.39 is 0 Å². The predicted octanol–water partition coefficient (Wildman–Crippen LogP) is 0.0800. The fourth-order valence-electron chi connectivity index (χ4n) is 0.809. The molecule has 4 N–H and O–H groups in total. The van der Waals surface area contributed by atoms with Crippen molar-refractivity contribution >= 4 is 5.96 Å². The first-order chi connectivity index (χ1) is 4.83. The minimum Gasteiger partial charge on any atom is -0.368 e. The highest BCUT2D eigenvalue weighted by molar-refractivity contribution is 5.76. The van der Waals surface area contributed by atoms with Crippen LogP contribution in [0.3, 0.4) is 0 Å². The Morgan fingerprint density at radius 1 is 1.70 bits per heavy atom. The first kappa shape index (κ1) is 7.34. The zero-order valence-electron chi connectivity index (χ0n) is 5.88. The van der Waals surface area contributed by atoms with E-state index in [1.54, 1.807) is 5.48 Å². The number of hydroxylamine groups is 1. The average Bonchev–Trinajstić information content (AvgIpc) is 2.71. The van der Waals surface area contributed by atoms with E-state index in [4.69, 9.17) is 10.9 Å². The average molecular weight is 143 g/mol. The van der Waals surface area contributed by atoms with Crippen molar-refractivity contribution in [1.82, 2.24) is 5.48 Å². The molecule has 4 nitrogen and oxygen atoms in total. The monoisotopic (exact) mass is 143 g/mol. The van der Waals surface area contributed by atoms with Gasteiger partial charge in [-0.3, -0.25) is 10.2 Å². The van der Waals surface area contributed by atoms with E-state index in [9.17, 15) is 0 Å². The molecule has 1 saturated carbocycles. The Morgan fingerprint density at radius 2 is 2.40 bits per heavy atom. The van der Waals surface area contributed by atoms with E-state index in [0.29, 0.717) is 0 Å². The molecule has 1 fully saturated rings. The Morgan fingerprint density at radius 3 is 2.90 bits per heavy atom. The normalized spacial score (nSPS) is 19.1. The van der Waals surface area contributed by atoms with Crippen molar-refractivity contribution in [1.29, 1.82) is 0 Å². The van der Waals surface area contributed by atoms with Gasteiger partial charge in [-0.25, -0.2) is 5.48 Å². The SMILES string of the molecule is NC(=NCCC1CC1)NO. The molecule has 0 unspecified atom stereocenters. The van der Waals surface area contributed by atoms with Crippen LogP contribution in [0.1, 0.15) is 19.3 Å². The molecule has 0 amide bonds. The number of aliphatic imine (C=N–C) groups is 1. The topological polar surface area (TPSA) is 70.6 Å². The number of rotatable bonds is 3. The van der Waals surface area contributed by atoms with Crippen LogP contribution in [0.15, 0.2) is 4.99 Å². The summed E-state index contributed by atoms with van der Waals surface area (Å²) in [5.41, 5.74) is 6.96. The van der Waals surface area contributed by atoms with Crippen molar-refractivity contribution in [2.75, 3.05) is 6.54 Å². The molecule has 58 valence electrons. The minimum atomic E-state index is 0.112. The van der Waals surface area contributed by atoms with Gasteiger partial charge in [0.15, 0.2) is 0 Å². The van der Waals surface area contributed by atoms with Crippen molar-refractivity contribution in [3.8, 4) is 0 Å². The molecule has 1 rings (SSSR count). The Kier molecular flexibility index (Phi) is 2.50. The number of hydrogen-bond acceptors (Lipinski definition) is 2. The number of guanidine groups is 1. The quantitative estimate of drug-likeness (QED) is 0.297. The van der Waals surface area contributed by atoms with E-state index in [-0.39, 0.29) is 5.96 Å². The van der Waals surface area contributed by atoms with Crippen molar-refractivity contribution in [2.45, 2.75) is 19.3 Å². The molecular weight excluding hydrogens is 130 g/mol. The smallest absolute Gasteiger partial charge is 0.212 e. The fourth-order valence-corrected chi connectivity index (χ4v) is 0.809. The molecule has 4 heteroatoms. The van der Waals surface area contributed by atoms with Gasteiger partial charge in [0.25, 0.3) is 0 Å². The van der Waals surface area contributed by atoms with Crippen LogP contribution in [0.4, 0.5) is 0 Å². The third-order valence-electron chi connectivity index (χ3n) is 1.63. The minimum absolute atomic E-state index is 0.112. The van der Waals surface area contributed by atoms with Gasteiger partial charge >= 0.3 is 0 Å². The van der Waals surface area contributed by atoms with Crippen molar-refractivity contribution in [3.05, 3.63) is 0 Å². The maximum absolute atomic E-state index is 8.21. The molecule has 0 atom stereocenters. The summed E-state index contributed by atoms with van der Waals surface area (Å²) in [7, 11) is 0. The summed E-state index contributed by atoms with van der Waals surface area (Å²) >= 11 is 0. The summed E-state index contributed by atoms with van der Waals surface area (Å²) < 4.78 is 0. The highest BCUT2D eigenvalue weighted by Gasteiger charge is 2.19. The van der Waals surface area contributed by atoms with Crippen LogP contribution in [0.5, 0.6) is 0 Å². The molecule has 1 aliphatic carbocycles. The molecule has 0 aliphatic heterocycles. The summed E-state index contributed by atoms with van der Waals surface area (Å²) in [4.78, 5) is 3.86. The Balaban J connectivity index is 2.01. The van der Waals surface area contributed by atoms with Gasteiger partial charge in [-0.1, -0.05) is 12.8 Å². The zero-order valence-corrected chi connectivity index (χ0v) is 5.88. The highest BCUT2D eigenvalue weighted by atomic mass is 16.5. The lowest BCUT2D eigenvalue weighted by Crippen LogP contribution is -2.28. The van der Waals surface area contributed by atoms with Gasteiger partial charge in [0.1, 0.15) is 0 Å². The van der Waals surface area contributed by atoms with Gasteiger partial charge in [-0.2, -0.15) is 0 Å². The molecule has 0 spiro atoms. The number of hydrogen-bond donors (Lipinski definition) is 3. The fraction of sp³-hybridized carbons (Fsp3) is 0.833. The Hall–Kier alpha value is -0.770. The van der Waals surface area contributed by atoms with Crippen molar-refractivity contribution in [2.24, 2.45) is 16.6 Å². The van der Waals surface area contributed by atoms with Gasteiger partial charge in [-0.15, -0.1) is 0 Å². The maximum Gasteiger partial charge on any atom is 0.212 e. The largest absolute Gasteiger partial charge is 0.368 e. The predicted molar refractivity (Wildman–Crippen MR) is 38.8 cm³/mol. The Bertz CT molecular complexity index is 131. The van der Waals surface area contributed by atoms with E-state index in [0.717, 1.165) is 18.9 Å². The van der Waals surface area contributed by atoms with E-state index in [1.807, 2.05) is 0 Å². The molecule has 0 saturated heterocycles. The summed E-state index contributed by atoms with van der Waals surface area (Å²) in [6.07, 6.45) is 3.77. The second kappa shape index (κ2) is 3.41. The maximum atomic E-state index is 8.21. The van der Waals surface area contributed by atoms with Crippen LogP contribution >= 0.6 is 0 Å². The lowest BCUT2D eigenvalue weighted by atomic mass is 10.3. The van der Waals surface area contributed by atoms with Crippen LogP contribution in [0.25, 0.3) is 0 Å². The molecule has 0 aromatic carbocycles. The number of nitrogens with zero attached hydrogens (tertiary/aromatic N) is 1.